The highest BCUT2D eigenvalue weighted by Crippen LogP contribution is 2.39. The minimum atomic E-state index is 0.136. The molecule has 1 aliphatic heterocycles. The van der Waals surface area contributed by atoms with Gasteiger partial charge in [-0.15, -0.1) is 0 Å². The molecule has 0 spiro atoms. The van der Waals surface area contributed by atoms with Crippen molar-refractivity contribution in [1.82, 2.24) is 4.98 Å². The van der Waals surface area contributed by atoms with Gasteiger partial charge >= 0.3 is 0 Å². The largest absolute Gasteiger partial charge is 0.391 e. The smallest absolute Gasteiger partial charge is 0.185 e. The predicted molar refractivity (Wildman–Crippen MR) is 89.0 cm³/mol. The van der Waals surface area contributed by atoms with Gasteiger partial charge in [-0.05, 0) is 37.0 Å². The van der Waals surface area contributed by atoms with Crippen LogP contribution >= 0.6 is 11.3 Å². The fourth-order valence-corrected chi connectivity index (χ4v) is 5.03. The van der Waals surface area contributed by atoms with Crippen molar-refractivity contribution in [3.63, 3.8) is 0 Å². The Balaban J connectivity index is 1.76. The lowest BCUT2D eigenvalue weighted by molar-refractivity contribution is 0.202. The third kappa shape index (κ3) is 3.11. The maximum absolute atomic E-state index is 9.61. The molecule has 3 atom stereocenters. The van der Waals surface area contributed by atoms with Gasteiger partial charge in [0.05, 0.1) is 17.2 Å². The van der Waals surface area contributed by atoms with Crippen molar-refractivity contribution in [2.75, 3.05) is 18.0 Å². The summed E-state index contributed by atoms with van der Waals surface area (Å²) >= 11 is 1.71. The zero-order chi connectivity index (χ0) is 14.8. The third-order valence-electron chi connectivity index (χ3n) is 5.50. The fraction of sp³-hybridized carbons (Fsp3) is 0.824. The van der Waals surface area contributed by atoms with Crippen LogP contribution in [0.2, 0.25) is 0 Å². The van der Waals surface area contributed by atoms with Crippen molar-refractivity contribution < 1.29 is 5.11 Å². The maximum atomic E-state index is 9.61. The number of aliphatic hydroxyl groups excluding tert-OH is 1. The number of hydrogen-bond donors (Lipinski definition) is 1. The minimum Gasteiger partial charge on any atom is -0.391 e. The number of piperidine rings is 1. The lowest BCUT2D eigenvalue weighted by Gasteiger charge is -2.41. The first-order valence-electron chi connectivity index (χ1n) is 8.58. The normalized spacial score (nSPS) is 27.5. The van der Waals surface area contributed by atoms with Gasteiger partial charge in [-0.2, -0.15) is 0 Å². The molecule has 0 aromatic carbocycles. The molecular weight excluding hydrogens is 280 g/mol. The van der Waals surface area contributed by atoms with Crippen LogP contribution in [0.4, 0.5) is 5.13 Å². The van der Waals surface area contributed by atoms with Crippen LogP contribution in [-0.4, -0.2) is 23.2 Å². The Morgan fingerprint density at radius 3 is 2.76 bits per heavy atom. The summed E-state index contributed by atoms with van der Waals surface area (Å²) in [5.41, 5.74) is 1.13. The average Bonchev–Trinajstić information content (AvgIpc) is 2.98. The Kier molecular flexibility index (Phi) is 4.85. The molecule has 2 fully saturated rings. The molecule has 0 radical (unpaired) electrons. The molecular formula is C17H28N2OS. The SMILES string of the molecule is CCC(C)c1nc(N2CCC3CCCCC3C2)sc1CO. The number of nitrogens with zero attached hydrogens (tertiary/aromatic N) is 2. The molecule has 2 heterocycles. The summed E-state index contributed by atoms with van der Waals surface area (Å²) in [6.07, 6.45) is 8.10. The van der Waals surface area contributed by atoms with Crippen molar-refractivity contribution in [2.24, 2.45) is 11.8 Å². The second kappa shape index (κ2) is 6.66. The molecule has 0 bridgehead atoms. The van der Waals surface area contributed by atoms with Gasteiger partial charge in [-0.1, -0.05) is 44.4 Å². The number of hydrogen-bond acceptors (Lipinski definition) is 4. The van der Waals surface area contributed by atoms with Gasteiger partial charge in [0, 0.05) is 13.1 Å². The van der Waals surface area contributed by atoms with Gasteiger partial charge in [0.15, 0.2) is 5.13 Å². The molecule has 3 nitrogen and oxygen atoms in total. The molecule has 4 heteroatoms. The van der Waals surface area contributed by atoms with E-state index in [2.05, 4.69) is 18.7 Å². The molecule has 1 aromatic rings. The van der Waals surface area contributed by atoms with Crippen molar-refractivity contribution in [3.05, 3.63) is 10.6 Å². The second-order valence-corrected chi connectivity index (χ2v) is 7.87. The molecule has 1 saturated heterocycles. The maximum Gasteiger partial charge on any atom is 0.185 e. The summed E-state index contributed by atoms with van der Waals surface area (Å²) in [6, 6.07) is 0. The topological polar surface area (TPSA) is 36.4 Å². The molecule has 3 rings (SSSR count). The molecule has 0 amide bonds. The van der Waals surface area contributed by atoms with Crippen molar-refractivity contribution >= 4 is 16.5 Å². The van der Waals surface area contributed by atoms with Gasteiger partial charge in [-0.25, -0.2) is 4.98 Å². The van der Waals surface area contributed by atoms with E-state index in [1.807, 2.05) is 0 Å². The summed E-state index contributed by atoms with van der Waals surface area (Å²) < 4.78 is 0. The van der Waals surface area contributed by atoms with E-state index < -0.39 is 0 Å². The van der Waals surface area contributed by atoms with Gasteiger partial charge < -0.3 is 10.0 Å². The summed E-state index contributed by atoms with van der Waals surface area (Å²) in [6.45, 7) is 6.88. The first kappa shape index (κ1) is 15.3. The Morgan fingerprint density at radius 2 is 2.05 bits per heavy atom. The van der Waals surface area contributed by atoms with Crippen LogP contribution < -0.4 is 4.90 Å². The van der Waals surface area contributed by atoms with Crippen LogP contribution in [0.25, 0.3) is 0 Å². The number of rotatable bonds is 4. The zero-order valence-electron chi connectivity index (χ0n) is 13.3. The van der Waals surface area contributed by atoms with Gasteiger partial charge in [0.2, 0.25) is 0 Å². The molecule has 1 aromatic heterocycles. The lowest BCUT2D eigenvalue weighted by Crippen LogP contribution is -2.41. The molecule has 1 saturated carbocycles. The van der Waals surface area contributed by atoms with E-state index in [0.717, 1.165) is 40.5 Å². The van der Waals surface area contributed by atoms with E-state index in [0.29, 0.717) is 5.92 Å². The Labute approximate surface area is 132 Å². The van der Waals surface area contributed by atoms with Crippen LogP contribution in [0.5, 0.6) is 0 Å². The standard InChI is InChI=1S/C17H28N2OS/c1-3-12(2)16-15(11-20)21-17(18-16)19-9-8-13-6-4-5-7-14(13)10-19/h12-14,20H,3-11H2,1-2H3. The summed E-state index contributed by atoms with van der Waals surface area (Å²) in [4.78, 5) is 8.46. The summed E-state index contributed by atoms with van der Waals surface area (Å²) in [5, 5.41) is 10.8. The monoisotopic (exact) mass is 308 g/mol. The van der Waals surface area contributed by atoms with Gasteiger partial charge in [-0.3, -0.25) is 0 Å². The average molecular weight is 308 g/mol. The van der Waals surface area contributed by atoms with Gasteiger partial charge in [0.1, 0.15) is 0 Å². The highest BCUT2D eigenvalue weighted by Gasteiger charge is 2.32. The third-order valence-corrected chi connectivity index (χ3v) is 6.62. The van der Waals surface area contributed by atoms with Crippen molar-refractivity contribution in [2.45, 2.75) is 64.9 Å². The van der Waals surface area contributed by atoms with Gasteiger partial charge in [0.25, 0.3) is 0 Å². The molecule has 1 N–H and O–H groups in total. The Morgan fingerprint density at radius 1 is 1.29 bits per heavy atom. The van der Waals surface area contributed by atoms with Crippen LogP contribution in [-0.2, 0) is 6.61 Å². The minimum absolute atomic E-state index is 0.136. The summed E-state index contributed by atoms with van der Waals surface area (Å²) in [7, 11) is 0. The molecule has 3 unspecified atom stereocenters. The lowest BCUT2D eigenvalue weighted by atomic mass is 9.75. The number of thiazole rings is 1. The van der Waals surface area contributed by atoms with E-state index in [1.54, 1.807) is 11.3 Å². The fourth-order valence-electron chi connectivity index (χ4n) is 3.95. The van der Waals surface area contributed by atoms with E-state index in [4.69, 9.17) is 4.98 Å². The van der Waals surface area contributed by atoms with Crippen LogP contribution in [0.3, 0.4) is 0 Å². The van der Waals surface area contributed by atoms with Crippen LogP contribution in [0.1, 0.15) is 68.9 Å². The number of anilines is 1. The van der Waals surface area contributed by atoms with E-state index in [-0.39, 0.29) is 6.61 Å². The first-order chi connectivity index (χ1) is 10.2. The molecule has 21 heavy (non-hydrogen) atoms. The highest BCUT2D eigenvalue weighted by atomic mass is 32.1. The van der Waals surface area contributed by atoms with Crippen molar-refractivity contribution in [3.8, 4) is 0 Å². The molecule has 1 aliphatic carbocycles. The predicted octanol–water partition coefficient (Wildman–Crippen LogP) is 4.17. The summed E-state index contributed by atoms with van der Waals surface area (Å²) in [5.74, 6) is 2.28. The Hall–Kier alpha value is -0.610. The highest BCUT2D eigenvalue weighted by molar-refractivity contribution is 7.15. The Bertz CT molecular complexity index is 473. The van der Waals surface area contributed by atoms with E-state index in [1.165, 1.54) is 38.6 Å². The number of aromatic nitrogens is 1. The second-order valence-electron chi connectivity index (χ2n) is 6.81. The molecule has 2 aliphatic rings. The van der Waals surface area contributed by atoms with E-state index in [9.17, 15) is 5.11 Å². The van der Waals surface area contributed by atoms with E-state index >= 15 is 0 Å². The number of aliphatic hydroxyl groups is 1. The quantitative estimate of drug-likeness (QED) is 0.907. The van der Waals surface area contributed by atoms with Crippen molar-refractivity contribution in [1.29, 1.82) is 0 Å². The number of fused-ring (bicyclic) bond motifs is 1. The first-order valence-corrected chi connectivity index (χ1v) is 9.40. The molecule has 118 valence electrons. The van der Waals surface area contributed by atoms with Crippen LogP contribution in [0, 0.1) is 11.8 Å². The van der Waals surface area contributed by atoms with Crippen LogP contribution in [0.15, 0.2) is 0 Å². The zero-order valence-corrected chi connectivity index (χ0v) is 14.2.